The number of nitrogens with two attached hydrogens (primary N) is 2. The predicted molar refractivity (Wildman–Crippen MR) is 75.5 cm³/mol. The van der Waals surface area contributed by atoms with E-state index >= 15 is 0 Å². The fourth-order valence-electron chi connectivity index (χ4n) is 1.38. The second-order valence-corrected chi connectivity index (χ2v) is 3.78. The van der Waals surface area contributed by atoms with Gasteiger partial charge in [-0.15, -0.1) is 0 Å². The van der Waals surface area contributed by atoms with Crippen LogP contribution in [-0.2, 0) is 17.1 Å². The first-order chi connectivity index (χ1) is 8.69. The molecule has 0 aromatic heterocycles. The molecule has 0 spiro atoms. The summed E-state index contributed by atoms with van der Waals surface area (Å²) in [7, 11) is 0. The number of hydrogen-bond donors (Lipinski definition) is 2. The summed E-state index contributed by atoms with van der Waals surface area (Å²) in [6.07, 6.45) is 15.8. The van der Waals surface area contributed by atoms with Gasteiger partial charge in [-0.25, -0.2) is 0 Å². The first kappa shape index (κ1) is 18.5. The molecule has 100 valence electrons. The SMILES string of the molecule is C/C(=N\N)[C]1[CH][CH][CH][CH]1.C/C(=N\N)[C]1[CH][CH][CH][CH]1.[Fe+2]. The summed E-state index contributed by atoms with van der Waals surface area (Å²) in [6, 6.07) is 0. The van der Waals surface area contributed by atoms with Gasteiger partial charge in [0.2, 0.25) is 0 Å². The van der Waals surface area contributed by atoms with Crippen molar-refractivity contribution in [2.45, 2.75) is 13.8 Å². The standard InChI is InChI=1S/2C7H9N2.Fe/c2*1-6(9-8)7-4-2-3-5-7;/h2*2-5H,8H2,1H3;/q;;+2/b2*9-6+;. The summed E-state index contributed by atoms with van der Waals surface area (Å²) in [5.74, 6) is 12.3. The molecule has 2 rings (SSSR count). The van der Waals surface area contributed by atoms with E-state index in [-0.39, 0.29) is 17.1 Å². The monoisotopic (exact) mass is 298 g/mol. The normalized spacial score (nSPS) is 21.8. The van der Waals surface area contributed by atoms with Crippen LogP contribution in [0.1, 0.15) is 13.8 Å². The molecule has 2 saturated carbocycles. The Kier molecular flexibility index (Phi) is 9.98. The van der Waals surface area contributed by atoms with E-state index in [0.29, 0.717) is 0 Å². The summed E-state index contributed by atoms with van der Waals surface area (Å²) < 4.78 is 0. The summed E-state index contributed by atoms with van der Waals surface area (Å²) in [4.78, 5) is 0. The first-order valence-electron chi connectivity index (χ1n) is 5.62. The van der Waals surface area contributed by atoms with Crippen molar-refractivity contribution in [1.82, 2.24) is 0 Å². The van der Waals surface area contributed by atoms with Gasteiger partial charge in [0, 0.05) is 23.3 Å². The van der Waals surface area contributed by atoms with Crippen LogP contribution in [0.5, 0.6) is 0 Å². The number of hydrogen-bond acceptors (Lipinski definition) is 4. The van der Waals surface area contributed by atoms with E-state index in [1.165, 1.54) is 0 Å². The fourth-order valence-corrected chi connectivity index (χ4v) is 1.38. The van der Waals surface area contributed by atoms with Crippen LogP contribution >= 0.6 is 0 Å². The molecule has 4 N–H and O–H groups in total. The van der Waals surface area contributed by atoms with E-state index in [4.69, 9.17) is 11.7 Å². The van der Waals surface area contributed by atoms with Gasteiger partial charge < -0.3 is 11.7 Å². The van der Waals surface area contributed by atoms with Crippen LogP contribution in [-0.4, -0.2) is 11.4 Å². The van der Waals surface area contributed by atoms with Gasteiger partial charge in [0.1, 0.15) is 0 Å². The average Bonchev–Trinajstić information content (AvgIpc) is 3.09. The Morgan fingerprint density at radius 1 is 0.737 bits per heavy atom. The Labute approximate surface area is 127 Å². The molecule has 0 heterocycles. The van der Waals surface area contributed by atoms with Crippen LogP contribution in [0.4, 0.5) is 0 Å². The minimum absolute atomic E-state index is 0. The Hall–Kier alpha value is -0.541. The van der Waals surface area contributed by atoms with Gasteiger partial charge in [-0.1, -0.05) is 0 Å². The predicted octanol–water partition coefficient (Wildman–Crippen LogP) is 1.45. The van der Waals surface area contributed by atoms with E-state index in [2.05, 4.69) is 10.2 Å². The van der Waals surface area contributed by atoms with Gasteiger partial charge in [-0.2, -0.15) is 10.2 Å². The fraction of sp³-hybridized carbons (Fsp3) is 0.143. The molecule has 0 amide bonds. The van der Waals surface area contributed by atoms with Crippen LogP contribution in [0.3, 0.4) is 0 Å². The molecule has 0 aliphatic heterocycles. The quantitative estimate of drug-likeness (QED) is 0.350. The molecule has 2 aliphatic carbocycles. The number of nitrogens with zero attached hydrogens (tertiary/aromatic N) is 2. The van der Waals surface area contributed by atoms with Gasteiger partial charge in [0.25, 0.3) is 0 Å². The van der Waals surface area contributed by atoms with Crippen molar-refractivity contribution in [2.24, 2.45) is 21.9 Å². The molecule has 2 aliphatic rings. The molecule has 0 bridgehead atoms. The van der Waals surface area contributed by atoms with Crippen molar-refractivity contribution in [3.63, 3.8) is 0 Å². The molecule has 2 fully saturated rings. The minimum atomic E-state index is 0. The van der Waals surface area contributed by atoms with E-state index in [9.17, 15) is 0 Å². The summed E-state index contributed by atoms with van der Waals surface area (Å²) in [5, 5.41) is 7.10. The van der Waals surface area contributed by atoms with Crippen molar-refractivity contribution in [3.05, 3.63) is 63.2 Å². The summed E-state index contributed by atoms with van der Waals surface area (Å²) in [5.41, 5.74) is 1.75. The minimum Gasteiger partial charge on any atom is -0.323 e. The van der Waals surface area contributed by atoms with Crippen LogP contribution in [0.2, 0.25) is 0 Å². The van der Waals surface area contributed by atoms with Crippen LogP contribution < -0.4 is 11.7 Å². The zero-order valence-corrected chi connectivity index (χ0v) is 12.1. The molecule has 5 heteroatoms. The average molecular weight is 298 g/mol. The second kappa shape index (κ2) is 10.3. The topological polar surface area (TPSA) is 76.8 Å². The Morgan fingerprint density at radius 2 is 1.00 bits per heavy atom. The molecule has 4 nitrogen and oxygen atoms in total. The van der Waals surface area contributed by atoms with E-state index < -0.39 is 0 Å². The zero-order valence-electron chi connectivity index (χ0n) is 11.0. The Balaban J connectivity index is 0.000000324. The maximum Gasteiger partial charge on any atom is 2.00 e. The molecule has 0 unspecified atom stereocenters. The third-order valence-corrected chi connectivity index (χ3v) is 2.55. The summed E-state index contributed by atoms with van der Waals surface area (Å²) >= 11 is 0. The van der Waals surface area contributed by atoms with E-state index in [0.717, 1.165) is 23.3 Å². The maximum atomic E-state index is 5.05. The Bertz CT molecular complexity index is 260. The molecule has 0 atom stereocenters. The van der Waals surface area contributed by atoms with Gasteiger partial charge in [0.15, 0.2) is 0 Å². The zero-order chi connectivity index (χ0) is 13.4. The maximum absolute atomic E-state index is 5.05. The van der Waals surface area contributed by atoms with Crippen molar-refractivity contribution >= 4 is 11.4 Å². The smallest absolute Gasteiger partial charge is 0.323 e. The second-order valence-electron chi connectivity index (χ2n) is 3.78. The van der Waals surface area contributed by atoms with Gasteiger partial charge >= 0.3 is 17.1 Å². The molecular formula is C14H18FeN4+2. The molecule has 19 heavy (non-hydrogen) atoms. The summed E-state index contributed by atoms with van der Waals surface area (Å²) in [6.45, 7) is 3.77. The van der Waals surface area contributed by atoms with E-state index in [1.807, 2.05) is 65.2 Å². The Morgan fingerprint density at radius 3 is 1.21 bits per heavy atom. The van der Waals surface area contributed by atoms with Crippen molar-refractivity contribution in [1.29, 1.82) is 0 Å². The van der Waals surface area contributed by atoms with Crippen LogP contribution in [0.25, 0.3) is 0 Å². The largest absolute Gasteiger partial charge is 2.00 e. The molecule has 0 saturated heterocycles. The van der Waals surface area contributed by atoms with Gasteiger partial charge in [-0.3, -0.25) is 0 Å². The molecule has 0 aromatic rings. The van der Waals surface area contributed by atoms with Gasteiger partial charge in [0.05, 0.1) is 0 Å². The number of hydrazone groups is 2. The van der Waals surface area contributed by atoms with E-state index in [1.54, 1.807) is 0 Å². The van der Waals surface area contributed by atoms with Crippen molar-refractivity contribution < 1.29 is 17.1 Å². The van der Waals surface area contributed by atoms with Gasteiger partial charge in [-0.05, 0) is 65.2 Å². The first-order valence-corrected chi connectivity index (χ1v) is 5.62. The third kappa shape index (κ3) is 6.44. The van der Waals surface area contributed by atoms with Crippen molar-refractivity contribution in [3.8, 4) is 0 Å². The van der Waals surface area contributed by atoms with Crippen LogP contribution in [0.15, 0.2) is 10.2 Å². The molecular weight excluding hydrogens is 280 g/mol. The third-order valence-electron chi connectivity index (χ3n) is 2.55. The molecule has 0 aromatic carbocycles. The van der Waals surface area contributed by atoms with Crippen molar-refractivity contribution in [2.75, 3.05) is 0 Å². The van der Waals surface area contributed by atoms with Crippen LogP contribution in [0, 0.1) is 63.2 Å². The molecule has 10 radical (unpaired) electrons. The number of rotatable bonds is 2.